The Hall–Kier alpha value is -2.78. The fraction of sp³-hybridized carbons (Fsp3) is 0.118. The van der Waals surface area contributed by atoms with Crippen LogP contribution in [0.25, 0.3) is 27.0 Å². The van der Waals surface area contributed by atoms with E-state index in [0.29, 0.717) is 17.2 Å². The van der Waals surface area contributed by atoms with Gasteiger partial charge in [0.15, 0.2) is 10.7 Å². The number of nitrogens with zero attached hydrogens (tertiary/aromatic N) is 3. The summed E-state index contributed by atoms with van der Waals surface area (Å²) >= 11 is 3.52. The summed E-state index contributed by atoms with van der Waals surface area (Å²) in [5, 5.41) is 10.2. The summed E-state index contributed by atoms with van der Waals surface area (Å²) in [4.78, 5) is 7.80. The van der Waals surface area contributed by atoms with Gasteiger partial charge in [-0.15, -0.1) is 0 Å². The number of hydrogen-bond donors (Lipinski definition) is 1. The minimum absolute atomic E-state index is 0.452. The molecular formula is C17H14BrN3O6S. The van der Waals surface area contributed by atoms with Gasteiger partial charge in [-0.2, -0.15) is 0 Å². The first-order valence-electron chi connectivity index (χ1n) is 7.52. The SMILES string of the molecule is COc1ccc([N+]#N)c(-c2cc(Br)c(OC)c3ncccc23)c1.O=S(=O)([O-])O. The molecule has 0 aliphatic rings. The van der Waals surface area contributed by atoms with Crippen LogP contribution in [0.15, 0.2) is 47.1 Å². The third-order valence-electron chi connectivity index (χ3n) is 3.61. The fourth-order valence-electron chi connectivity index (χ4n) is 2.55. The first-order valence-corrected chi connectivity index (χ1v) is 9.68. The molecule has 0 aliphatic carbocycles. The van der Waals surface area contributed by atoms with Crippen molar-refractivity contribution in [2.24, 2.45) is 0 Å². The van der Waals surface area contributed by atoms with E-state index in [1.54, 1.807) is 32.5 Å². The minimum Gasteiger partial charge on any atom is -0.726 e. The molecule has 28 heavy (non-hydrogen) atoms. The summed E-state index contributed by atoms with van der Waals surface area (Å²) in [6.45, 7) is 0. The zero-order valence-electron chi connectivity index (χ0n) is 14.7. The van der Waals surface area contributed by atoms with Crippen LogP contribution >= 0.6 is 15.9 Å². The van der Waals surface area contributed by atoms with Crippen LogP contribution in [-0.2, 0) is 10.4 Å². The normalized spacial score (nSPS) is 10.6. The van der Waals surface area contributed by atoms with Gasteiger partial charge in [-0.1, -0.05) is 6.07 Å². The number of halogens is 1. The lowest BCUT2D eigenvalue weighted by Gasteiger charge is -2.11. The Kier molecular flexibility index (Phi) is 6.87. The van der Waals surface area contributed by atoms with Crippen LogP contribution < -0.4 is 9.47 Å². The van der Waals surface area contributed by atoms with Gasteiger partial charge in [0.05, 0.1) is 24.3 Å². The van der Waals surface area contributed by atoms with Crippen molar-refractivity contribution in [3.63, 3.8) is 0 Å². The number of pyridine rings is 1. The van der Waals surface area contributed by atoms with Crippen LogP contribution in [0.3, 0.4) is 0 Å². The molecule has 2 aromatic carbocycles. The standard InChI is InChI=1S/C17H13BrN3O2.H2O4S/c1-22-10-5-6-15(21-19)13(8-10)12-9-14(18)17(23-2)16-11(12)4-3-7-20-16;1-5(2,3)4/h3-9H,1-2H3;(H2,1,2,3,4)/q+1;/p-1. The van der Waals surface area contributed by atoms with Crippen molar-refractivity contribution in [3.8, 4) is 22.6 Å². The van der Waals surface area contributed by atoms with Crippen LogP contribution in [0.2, 0.25) is 0 Å². The van der Waals surface area contributed by atoms with Crippen LogP contribution in [-0.4, -0.2) is 36.7 Å². The number of fused-ring (bicyclic) bond motifs is 1. The summed E-state index contributed by atoms with van der Waals surface area (Å²) in [6, 6.07) is 11.0. The van der Waals surface area contributed by atoms with E-state index in [2.05, 4.69) is 25.9 Å². The predicted octanol–water partition coefficient (Wildman–Crippen LogP) is 4.17. The third-order valence-corrected chi connectivity index (χ3v) is 4.20. The smallest absolute Gasteiger partial charge is 0.393 e. The van der Waals surface area contributed by atoms with Crippen molar-refractivity contribution >= 4 is 42.9 Å². The molecular weight excluding hydrogens is 454 g/mol. The molecule has 0 atom stereocenters. The number of benzene rings is 2. The molecule has 0 unspecified atom stereocenters. The lowest BCUT2D eigenvalue weighted by molar-refractivity contribution is 0.366. The number of diazo groups is 1. The molecule has 0 fully saturated rings. The molecule has 11 heteroatoms. The molecule has 146 valence electrons. The van der Waals surface area contributed by atoms with Crippen LogP contribution in [0.4, 0.5) is 5.69 Å². The molecule has 1 aromatic heterocycles. The summed E-state index contributed by atoms with van der Waals surface area (Å²) in [5.74, 6) is 1.34. The van der Waals surface area contributed by atoms with E-state index in [1.165, 1.54) is 0 Å². The molecule has 0 spiro atoms. The zero-order chi connectivity index (χ0) is 20.9. The predicted molar refractivity (Wildman–Crippen MR) is 105 cm³/mol. The van der Waals surface area contributed by atoms with Crippen LogP contribution in [0, 0.1) is 5.39 Å². The maximum Gasteiger partial charge on any atom is 0.393 e. The Bertz CT molecular complexity index is 1150. The third kappa shape index (κ3) is 5.14. The highest BCUT2D eigenvalue weighted by Crippen LogP contribution is 2.43. The molecule has 1 heterocycles. The topological polar surface area (TPSA) is 137 Å². The molecule has 3 aromatic rings. The van der Waals surface area contributed by atoms with E-state index < -0.39 is 10.4 Å². The van der Waals surface area contributed by atoms with E-state index in [-0.39, 0.29) is 0 Å². The van der Waals surface area contributed by atoms with Gasteiger partial charge in [0.1, 0.15) is 11.3 Å². The molecule has 9 nitrogen and oxygen atoms in total. The average Bonchev–Trinajstić information content (AvgIpc) is 2.65. The highest BCUT2D eigenvalue weighted by atomic mass is 79.9. The average molecular weight is 468 g/mol. The van der Waals surface area contributed by atoms with Gasteiger partial charge >= 0.3 is 5.69 Å². The van der Waals surface area contributed by atoms with Crippen molar-refractivity contribution in [2.45, 2.75) is 0 Å². The first-order chi connectivity index (χ1) is 13.2. The van der Waals surface area contributed by atoms with E-state index in [1.807, 2.05) is 24.3 Å². The van der Waals surface area contributed by atoms with Crippen molar-refractivity contribution < 1.29 is 27.0 Å². The van der Waals surface area contributed by atoms with Gasteiger partial charge in [-0.05, 0) is 40.2 Å². The number of aromatic nitrogens is 1. The van der Waals surface area contributed by atoms with E-state index in [4.69, 9.17) is 27.0 Å². The molecule has 0 radical (unpaired) electrons. The molecule has 3 rings (SSSR count). The second-order valence-electron chi connectivity index (χ2n) is 5.25. The molecule has 1 N–H and O–H groups in total. The number of hydrogen-bond acceptors (Lipinski definition) is 7. The second kappa shape index (κ2) is 8.94. The first kappa shape index (κ1) is 21.5. The highest BCUT2D eigenvalue weighted by molar-refractivity contribution is 9.10. The maximum atomic E-state index is 9.32. The minimum atomic E-state index is -4.92. The van der Waals surface area contributed by atoms with Gasteiger partial charge in [0.25, 0.3) is 0 Å². The quantitative estimate of drug-likeness (QED) is 0.344. The van der Waals surface area contributed by atoms with Crippen molar-refractivity contribution in [1.82, 2.24) is 4.98 Å². The molecule has 0 bridgehead atoms. The molecule has 0 saturated heterocycles. The number of ether oxygens (including phenoxy) is 2. The van der Waals surface area contributed by atoms with E-state index in [9.17, 15) is 5.39 Å². The molecule has 0 amide bonds. The van der Waals surface area contributed by atoms with Gasteiger partial charge in [-0.25, -0.2) is 8.42 Å². The Labute approximate surface area is 169 Å². The molecule has 0 saturated carbocycles. The Morgan fingerprint density at radius 1 is 1.18 bits per heavy atom. The van der Waals surface area contributed by atoms with Crippen LogP contribution in [0.5, 0.6) is 11.5 Å². The van der Waals surface area contributed by atoms with E-state index >= 15 is 0 Å². The van der Waals surface area contributed by atoms with Gasteiger partial charge in [0.2, 0.25) is 15.8 Å². The van der Waals surface area contributed by atoms with E-state index in [0.717, 1.165) is 26.5 Å². The fourth-order valence-corrected chi connectivity index (χ4v) is 3.13. The van der Waals surface area contributed by atoms with Gasteiger partial charge in [-0.3, -0.25) is 9.54 Å². The monoisotopic (exact) mass is 467 g/mol. The Morgan fingerprint density at radius 3 is 2.43 bits per heavy atom. The lowest BCUT2D eigenvalue weighted by Crippen LogP contribution is -1.92. The highest BCUT2D eigenvalue weighted by Gasteiger charge is 2.21. The Morgan fingerprint density at radius 2 is 1.86 bits per heavy atom. The van der Waals surface area contributed by atoms with Crippen LogP contribution in [0.1, 0.15) is 0 Å². The number of rotatable bonds is 3. The van der Waals surface area contributed by atoms with Crippen molar-refractivity contribution in [1.29, 1.82) is 5.39 Å². The van der Waals surface area contributed by atoms with Gasteiger partial charge in [0, 0.05) is 23.2 Å². The number of methoxy groups -OCH3 is 2. The summed E-state index contributed by atoms with van der Waals surface area (Å²) in [5.41, 5.74) is 2.79. The largest absolute Gasteiger partial charge is 0.726 e. The maximum absolute atomic E-state index is 9.32. The second-order valence-corrected chi connectivity index (χ2v) is 6.96. The lowest BCUT2D eigenvalue weighted by atomic mass is 9.98. The summed E-state index contributed by atoms with van der Waals surface area (Å²) in [7, 11) is -1.72. The molecule has 0 aliphatic heterocycles. The van der Waals surface area contributed by atoms with Crippen molar-refractivity contribution in [3.05, 3.63) is 52.0 Å². The van der Waals surface area contributed by atoms with Crippen molar-refractivity contribution in [2.75, 3.05) is 14.2 Å². The Balaban J connectivity index is 0.000000500. The zero-order valence-corrected chi connectivity index (χ0v) is 17.1. The summed E-state index contributed by atoms with van der Waals surface area (Å²) < 4.78 is 44.3. The van der Waals surface area contributed by atoms with Gasteiger partial charge < -0.3 is 14.0 Å². The summed E-state index contributed by atoms with van der Waals surface area (Å²) in [6.07, 6.45) is 1.71.